The van der Waals surface area contributed by atoms with Gasteiger partial charge in [0, 0.05) is 11.9 Å². The molecule has 0 bridgehead atoms. The normalized spacial score (nSPS) is 10.9. The van der Waals surface area contributed by atoms with Gasteiger partial charge in [-0.2, -0.15) is 0 Å². The zero-order valence-corrected chi connectivity index (χ0v) is 9.33. The molecule has 0 fully saturated rings. The van der Waals surface area contributed by atoms with E-state index >= 15 is 0 Å². The van der Waals surface area contributed by atoms with Gasteiger partial charge in [-0.05, 0) is 41.7 Å². The molecule has 0 unspecified atom stereocenters. The number of benzene rings is 1. The third-order valence-corrected chi connectivity index (χ3v) is 2.48. The van der Waals surface area contributed by atoms with Crippen molar-refractivity contribution in [2.24, 2.45) is 5.92 Å². The minimum absolute atomic E-state index is 0.712. The molecule has 1 heteroatoms. The van der Waals surface area contributed by atoms with E-state index in [1.54, 1.807) is 0 Å². The van der Waals surface area contributed by atoms with Gasteiger partial charge in [0.05, 0.1) is 0 Å². The van der Waals surface area contributed by atoms with E-state index in [1.165, 1.54) is 16.8 Å². The Morgan fingerprint density at radius 1 is 1.13 bits per heavy atom. The van der Waals surface area contributed by atoms with E-state index in [2.05, 4.69) is 49.2 Å². The second kappa shape index (κ2) is 4.35. The second-order valence-corrected chi connectivity index (χ2v) is 4.38. The summed E-state index contributed by atoms with van der Waals surface area (Å²) in [6.45, 7) is 4.50. The highest BCUT2D eigenvalue weighted by Gasteiger charge is 2.01. The third-order valence-electron chi connectivity index (χ3n) is 2.48. The molecule has 1 heterocycles. The van der Waals surface area contributed by atoms with Crippen molar-refractivity contribution in [1.29, 1.82) is 0 Å². The van der Waals surface area contributed by atoms with Crippen LogP contribution < -0.4 is 0 Å². The lowest BCUT2D eigenvalue weighted by atomic mass is 10.0. The Balaban J connectivity index is 2.27. The monoisotopic (exact) mass is 199 g/mol. The Morgan fingerprint density at radius 3 is 2.67 bits per heavy atom. The Hall–Kier alpha value is -1.50. The van der Waals surface area contributed by atoms with Crippen LogP contribution in [0.15, 0.2) is 42.6 Å². The highest BCUT2D eigenvalue weighted by atomic mass is 14.7. The molecule has 1 nitrogen and oxygen atoms in total. The average molecular weight is 199 g/mol. The first-order valence-electron chi connectivity index (χ1n) is 5.48. The van der Waals surface area contributed by atoms with Crippen LogP contribution in [0.4, 0.5) is 0 Å². The molecule has 1 aromatic carbocycles. The van der Waals surface area contributed by atoms with E-state index in [-0.39, 0.29) is 0 Å². The van der Waals surface area contributed by atoms with Crippen molar-refractivity contribution in [2.75, 3.05) is 0 Å². The first kappa shape index (κ1) is 10.0. The predicted octanol–water partition coefficient (Wildman–Crippen LogP) is 3.88. The Labute approximate surface area is 91.2 Å². The Bertz CT molecular complexity index is 413. The number of nitrogens with one attached hydrogen (secondary N) is 1. The van der Waals surface area contributed by atoms with Gasteiger partial charge in [-0.3, -0.25) is 0 Å². The first-order chi connectivity index (χ1) is 7.25. The molecule has 0 spiro atoms. The van der Waals surface area contributed by atoms with E-state index in [4.69, 9.17) is 0 Å². The summed E-state index contributed by atoms with van der Waals surface area (Å²) < 4.78 is 0. The van der Waals surface area contributed by atoms with Crippen molar-refractivity contribution >= 4 is 0 Å². The average Bonchev–Trinajstić information content (AvgIpc) is 2.69. The van der Waals surface area contributed by atoms with Crippen LogP contribution in [0.1, 0.15) is 19.4 Å². The summed E-state index contributed by atoms with van der Waals surface area (Å²) in [6.07, 6.45) is 3.11. The highest BCUT2D eigenvalue weighted by Crippen LogP contribution is 2.19. The van der Waals surface area contributed by atoms with Crippen LogP contribution in [0.2, 0.25) is 0 Å². The first-order valence-corrected chi connectivity index (χ1v) is 5.48. The van der Waals surface area contributed by atoms with Crippen LogP contribution in [0.3, 0.4) is 0 Å². The maximum atomic E-state index is 3.23. The van der Waals surface area contributed by atoms with Crippen LogP contribution in [0.25, 0.3) is 11.3 Å². The number of hydrogen-bond acceptors (Lipinski definition) is 0. The molecule has 0 amide bonds. The number of aromatic nitrogens is 1. The smallest absolute Gasteiger partial charge is 0.0453 e. The molecule has 0 saturated heterocycles. The van der Waals surface area contributed by atoms with Gasteiger partial charge in [-0.25, -0.2) is 0 Å². The molecule has 0 radical (unpaired) electrons. The van der Waals surface area contributed by atoms with Gasteiger partial charge in [0.15, 0.2) is 0 Å². The summed E-state index contributed by atoms with van der Waals surface area (Å²) in [4.78, 5) is 3.23. The van der Waals surface area contributed by atoms with E-state index in [9.17, 15) is 0 Å². The van der Waals surface area contributed by atoms with Crippen LogP contribution in [0, 0.1) is 5.92 Å². The number of hydrogen-bond donors (Lipinski definition) is 1. The molecule has 0 aliphatic rings. The quantitative estimate of drug-likeness (QED) is 0.772. The summed E-state index contributed by atoms with van der Waals surface area (Å²) in [7, 11) is 0. The number of rotatable bonds is 3. The van der Waals surface area contributed by atoms with Crippen molar-refractivity contribution in [2.45, 2.75) is 20.3 Å². The van der Waals surface area contributed by atoms with Gasteiger partial charge in [0.1, 0.15) is 0 Å². The lowest BCUT2D eigenvalue weighted by molar-refractivity contribution is 0.647. The van der Waals surface area contributed by atoms with Gasteiger partial charge < -0.3 is 4.98 Å². The summed E-state index contributed by atoms with van der Waals surface area (Å²) in [5.41, 5.74) is 3.89. The summed E-state index contributed by atoms with van der Waals surface area (Å²) in [5.74, 6) is 0.712. The van der Waals surface area contributed by atoms with Crippen LogP contribution in [0.5, 0.6) is 0 Å². The van der Waals surface area contributed by atoms with Crippen LogP contribution in [-0.2, 0) is 6.42 Å². The predicted molar refractivity (Wildman–Crippen MR) is 64.8 cm³/mol. The third kappa shape index (κ3) is 2.50. The van der Waals surface area contributed by atoms with Gasteiger partial charge >= 0.3 is 0 Å². The van der Waals surface area contributed by atoms with Gasteiger partial charge in [-0.1, -0.05) is 32.0 Å². The maximum Gasteiger partial charge on any atom is 0.0453 e. The molecule has 0 aliphatic heterocycles. The molecule has 1 aromatic heterocycles. The fourth-order valence-electron chi connectivity index (χ4n) is 1.85. The molecule has 0 aliphatic carbocycles. The molecule has 15 heavy (non-hydrogen) atoms. The second-order valence-electron chi connectivity index (χ2n) is 4.38. The number of aromatic amines is 1. The molecular weight excluding hydrogens is 182 g/mol. The molecule has 2 rings (SSSR count). The molecule has 0 saturated carbocycles. The molecule has 2 aromatic rings. The van der Waals surface area contributed by atoms with Crippen molar-refractivity contribution in [3.05, 3.63) is 48.2 Å². The standard InChI is InChI=1S/C14H17N/c1-11(2)9-12-5-3-6-13(10-12)14-7-4-8-15-14/h3-8,10-11,15H,9H2,1-2H3. The molecule has 78 valence electrons. The minimum atomic E-state index is 0.712. The maximum absolute atomic E-state index is 3.23. The molecule has 0 atom stereocenters. The minimum Gasteiger partial charge on any atom is -0.361 e. The topological polar surface area (TPSA) is 15.8 Å². The van der Waals surface area contributed by atoms with Crippen molar-refractivity contribution in [3.8, 4) is 11.3 Å². The fraction of sp³-hybridized carbons (Fsp3) is 0.286. The Morgan fingerprint density at radius 2 is 2.00 bits per heavy atom. The highest BCUT2D eigenvalue weighted by molar-refractivity contribution is 5.60. The lowest BCUT2D eigenvalue weighted by Gasteiger charge is -2.06. The zero-order valence-electron chi connectivity index (χ0n) is 9.33. The van der Waals surface area contributed by atoms with Gasteiger partial charge in [-0.15, -0.1) is 0 Å². The van der Waals surface area contributed by atoms with E-state index in [0.717, 1.165) is 6.42 Å². The van der Waals surface area contributed by atoms with E-state index in [0.29, 0.717) is 5.92 Å². The SMILES string of the molecule is CC(C)Cc1cccc(-c2ccc[nH]2)c1. The molecular formula is C14H17N. The van der Waals surface area contributed by atoms with Crippen molar-refractivity contribution < 1.29 is 0 Å². The van der Waals surface area contributed by atoms with Crippen molar-refractivity contribution in [3.63, 3.8) is 0 Å². The molecule has 1 N–H and O–H groups in total. The largest absolute Gasteiger partial charge is 0.361 e. The van der Waals surface area contributed by atoms with Gasteiger partial charge in [0.25, 0.3) is 0 Å². The van der Waals surface area contributed by atoms with E-state index in [1.807, 2.05) is 12.3 Å². The van der Waals surface area contributed by atoms with E-state index < -0.39 is 0 Å². The zero-order chi connectivity index (χ0) is 10.7. The summed E-state index contributed by atoms with van der Waals surface area (Å²) in [6, 6.07) is 12.9. The van der Waals surface area contributed by atoms with Crippen LogP contribution >= 0.6 is 0 Å². The number of H-pyrrole nitrogens is 1. The lowest BCUT2D eigenvalue weighted by Crippen LogP contribution is -1.93. The Kier molecular flexibility index (Phi) is 2.91. The summed E-state index contributed by atoms with van der Waals surface area (Å²) in [5, 5.41) is 0. The van der Waals surface area contributed by atoms with Crippen molar-refractivity contribution in [1.82, 2.24) is 4.98 Å². The van der Waals surface area contributed by atoms with Gasteiger partial charge in [0.2, 0.25) is 0 Å². The fourth-order valence-corrected chi connectivity index (χ4v) is 1.85. The summed E-state index contributed by atoms with van der Waals surface area (Å²) >= 11 is 0. The van der Waals surface area contributed by atoms with Crippen LogP contribution in [-0.4, -0.2) is 4.98 Å².